The average molecular weight is 347 g/mol. The van der Waals surface area contributed by atoms with E-state index in [2.05, 4.69) is 10.4 Å². The van der Waals surface area contributed by atoms with Crippen LogP contribution in [-0.2, 0) is 24.2 Å². The number of hydrogen-bond acceptors (Lipinski definition) is 3. The minimum absolute atomic E-state index is 0.0962. The molecule has 1 aliphatic rings. The third kappa shape index (κ3) is 3.53. The molecule has 1 heterocycles. The van der Waals surface area contributed by atoms with E-state index in [0.29, 0.717) is 13.0 Å². The standard InChI is InChI=1S/C21H21N3O2/c25-20(23-19-11-17-8-4-5-9-18(17)21(19)26)10-16-12-22-24(14-16)13-15-6-2-1-3-7-15/h1-9,12,14,19,21,26H,10-11,13H2,(H,23,25)/t19-,21+/m1/s1. The van der Waals surface area contributed by atoms with Crippen molar-refractivity contribution in [2.75, 3.05) is 0 Å². The summed E-state index contributed by atoms with van der Waals surface area (Å²) in [5.74, 6) is -0.0962. The summed E-state index contributed by atoms with van der Waals surface area (Å²) in [6, 6.07) is 17.6. The smallest absolute Gasteiger partial charge is 0.224 e. The second kappa shape index (κ2) is 7.14. The number of carbonyl (C=O) groups excluding carboxylic acids is 1. The van der Waals surface area contributed by atoms with Gasteiger partial charge in [0, 0.05) is 6.20 Å². The first-order valence-corrected chi connectivity index (χ1v) is 8.79. The summed E-state index contributed by atoms with van der Waals surface area (Å²) >= 11 is 0. The largest absolute Gasteiger partial charge is 0.386 e. The Morgan fingerprint density at radius 1 is 1.12 bits per heavy atom. The molecule has 5 nitrogen and oxygen atoms in total. The molecule has 1 aromatic heterocycles. The van der Waals surface area contributed by atoms with Crippen LogP contribution in [0.25, 0.3) is 0 Å². The van der Waals surface area contributed by atoms with Gasteiger partial charge in [0.2, 0.25) is 5.91 Å². The van der Waals surface area contributed by atoms with Crippen LogP contribution < -0.4 is 5.32 Å². The highest BCUT2D eigenvalue weighted by atomic mass is 16.3. The van der Waals surface area contributed by atoms with Crippen LogP contribution in [0.15, 0.2) is 67.0 Å². The SMILES string of the molecule is O=C(Cc1cnn(Cc2ccccc2)c1)N[C@@H]1Cc2ccccc2[C@@H]1O. The van der Waals surface area contributed by atoms with Gasteiger partial charge in [-0.15, -0.1) is 0 Å². The summed E-state index contributed by atoms with van der Waals surface area (Å²) in [4.78, 5) is 12.4. The number of hydrogen-bond donors (Lipinski definition) is 2. The van der Waals surface area contributed by atoms with E-state index in [1.54, 1.807) is 6.20 Å². The third-order valence-electron chi connectivity index (χ3n) is 4.78. The molecule has 0 radical (unpaired) electrons. The summed E-state index contributed by atoms with van der Waals surface area (Å²) in [6.45, 7) is 0.680. The minimum Gasteiger partial charge on any atom is -0.386 e. The Kier molecular flexibility index (Phi) is 4.54. The van der Waals surface area contributed by atoms with Crippen molar-refractivity contribution in [2.24, 2.45) is 0 Å². The minimum atomic E-state index is -0.643. The Hall–Kier alpha value is -2.92. The first-order chi connectivity index (χ1) is 12.7. The third-order valence-corrected chi connectivity index (χ3v) is 4.78. The predicted octanol–water partition coefficient (Wildman–Crippen LogP) is 2.25. The lowest BCUT2D eigenvalue weighted by Crippen LogP contribution is -2.38. The second-order valence-corrected chi connectivity index (χ2v) is 6.73. The fraction of sp³-hybridized carbons (Fsp3) is 0.238. The quantitative estimate of drug-likeness (QED) is 0.744. The molecule has 2 N–H and O–H groups in total. The maximum absolute atomic E-state index is 12.4. The van der Waals surface area contributed by atoms with Gasteiger partial charge in [-0.25, -0.2) is 0 Å². The first kappa shape index (κ1) is 16.5. The molecule has 0 fully saturated rings. The van der Waals surface area contributed by atoms with Crippen molar-refractivity contribution in [1.82, 2.24) is 15.1 Å². The lowest BCUT2D eigenvalue weighted by molar-refractivity contribution is -0.121. The fourth-order valence-corrected chi connectivity index (χ4v) is 3.50. The van der Waals surface area contributed by atoms with Crippen molar-refractivity contribution in [3.8, 4) is 0 Å². The van der Waals surface area contributed by atoms with E-state index >= 15 is 0 Å². The molecule has 1 aliphatic carbocycles. The topological polar surface area (TPSA) is 67.2 Å². The zero-order valence-electron chi connectivity index (χ0n) is 14.4. The molecule has 2 aromatic carbocycles. The zero-order valence-corrected chi connectivity index (χ0v) is 14.4. The van der Waals surface area contributed by atoms with Crippen molar-refractivity contribution >= 4 is 5.91 Å². The summed E-state index contributed by atoms with van der Waals surface area (Å²) < 4.78 is 1.83. The van der Waals surface area contributed by atoms with Crippen LogP contribution in [0.4, 0.5) is 0 Å². The average Bonchev–Trinajstić information content (AvgIpc) is 3.21. The molecule has 3 aromatic rings. The molecular formula is C21H21N3O2. The highest BCUT2D eigenvalue weighted by Gasteiger charge is 2.31. The summed E-state index contributed by atoms with van der Waals surface area (Å²) in [5.41, 5.74) is 4.04. The van der Waals surface area contributed by atoms with Crippen LogP contribution in [0, 0.1) is 0 Å². The van der Waals surface area contributed by atoms with Gasteiger partial charge in [-0.3, -0.25) is 9.48 Å². The number of nitrogens with zero attached hydrogens (tertiary/aromatic N) is 2. The Morgan fingerprint density at radius 2 is 1.88 bits per heavy atom. The van der Waals surface area contributed by atoms with Crippen LogP contribution in [0.5, 0.6) is 0 Å². The normalized spacial score (nSPS) is 18.5. The predicted molar refractivity (Wildman–Crippen MR) is 98.5 cm³/mol. The molecule has 2 atom stereocenters. The number of amides is 1. The van der Waals surface area contributed by atoms with E-state index < -0.39 is 6.10 Å². The van der Waals surface area contributed by atoms with Gasteiger partial charge in [0.1, 0.15) is 0 Å². The summed E-state index contributed by atoms with van der Waals surface area (Å²) in [7, 11) is 0. The molecule has 0 unspecified atom stereocenters. The van der Waals surface area contributed by atoms with Gasteiger partial charge in [-0.05, 0) is 28.7 Å². The number of rotatable bonds is 5. The number of fused-ring (bicyclic) bond motifs is 1. The van der Waals surface area contributed by atoms with Crippen molar-refractivity contribution in [3.05, 3.63) is 89.2 Å². The van der Waals surface area contributed by atoms with Crippen LogP contribution in [0.1, 0.15) is 28.4 Å². The lowest BCUT2D eigenvalue weighted by atomic mass is 10.1. The van der Waals surface area contributed by atoms with Gasteiger partial charge < -0.3 is 10.4 Å². The maximum Gasteiger partial charge on any atom is 0.224 e. The number of aliphatic hydroxyl groups is 1. The van der Waals surface area contributed by atoms with E-state index in [9.17, 15) is 9.90 Å². The molecular weight excluding hydrogens is 326 g/mol. The fourth-order valence-electron chi connectivity index (χ4n) is 3.50. The van der Waals surface area contributed by atoms with Crippen LogP contribution in [0.3, 0.4) is 0 Å². The Morgan fingerprint density at radius 3 is 2.69 bits per heavy atom. The monoisotopic (exact) mass is 347 g/mol. The zero-order chi connectivity index (χ0) is 17.9. The molecule has 0 spiro atoms. The van der Waals surface area contributed by atoms with Crippen molar-refractivity contribution in [1.29, 1.82) is 0 Å². The van der Waals surface area contributed by atoms with Crippen LogP contribution in [-0.4, -0.2) is 26.8 Å². The van der Waals surface area contributed by atoms with Crippen LogP contribution >= 0.6 is 0 Å². The van der Waals surface area contributed by atoms with Gasteiger partial charge in [-0.2, -0.15) is 5.10 Å². The van der Waals surface area contributed by atoms with Crippen molar-refractivity contribution in [2.45, 2.75) is 31.5 Å². The van der Waals surface area contributed by atoms with Crippen molar-refractivity contribution < 1.29 is 9.90 Å². The van der Waals surface area contributed by atoms with E-state index in [4.69, 9.17) is 0 Å². The van der Waals surface area contributed by atoms with E-state index in [1.165, 1.54) is 5.56 Å². The second-order valence-electron chi connectivity index (χ2n) is 6.73. The van der Waals surface area contributed by atoms with Crippen LogP contribution in [0.2, 0.25) is 0 Å². The highest BCUT2D eigenvalue weighted by Crippen LogP contribution is 2.30. The molecule has 0 aliphatic heterocycles. The molecule has 0 bridgehead atoms. The van der Waals surface area contributed by atoms with Gasteiger partial charge in [-0.1, -0.05) is 54.6 Å². The maximum atomic E-state index is 12.4. The molecule has 4 rings (SSSR count). The van der Waals surface area contributed by atoms with Gasteiger partial charge >= 0.3 is 0 Å². The Bertz CT molecular complexity index is 904. The summed E-state index contributed by atoms with van der Waals surface area (Å²) in [6.07, 6.45) is 3.90. The highest BCUT2D eigenvalue weighted by molar-refractivity contribution is 5.79. The number of aromatic nitrogens is 2. The molecule has 0 saturated carbocycles. The lowest BCUT2D eigenvalue weighted by Gasteiger charge is -2.16. The van der Waals surface area contributed by atoms with E-state index in [1.807, 2.05) is 65.5 Å². The Labute approximate surface area is 152 Å². The Balaban J connectivity index is 1.34. The van der Waals surface area contributed by atoms with E-state index in [0.717, 1.165) is 16.7 Å². The summed E-state index contributed by atoms with van der Waals surface area (Å²) in [5, 5.41) is 17.7. The molecule has 132 valence electrons. The number of benzene rings is 2. The molecule has 1 amide bonds. The number of carbonyl (C=O) groups is 1. The molecule has 5 heteroatoms. The first-order valence-electron chi connectivity index (χ1n) is 8.79. The van der Waals surface area contributed by atoms with Gasteiger partial charge in [0.05, 0.1) is 31.3 Å². The number of aliphatic hydroxyl groups excluding tert-OH is 1. The van der Waals surface area contributed by atoms with Gasteiger partial charge in [0.25, 0.3) is 0 Å². The molecule has 26 heavy (non-hydrogen) atoms. The van der Waals surface area contributed by atoms with Gasteiger partial charge in [0.15, 0.2) is 0 Å². The number of nitrogens with one attached hydrogen (secondary N) is 1. The molecule has 0 saturated heterocycles. The van der Waals surface area contributed by atoms with Crippen molar-refractivity contribution in [3.63, 3.8) is 0 Å². The van der Waals surface area contributed by atoms with E-state index in [-0.39, 0.29) is 18.4 Å².